The molecule has 4 rings (SSSR count). The number of anilines is 2. The van der Waals surface area contributed by atoms with E-state index in [1.54, 1.807) is 0 Å². The Bertz CT molecular complexity index is 1240. The molecule has 1 aliphatic heterocycles. The number of para-hydroxylation sites is 1. The van der Waals surface area contributed by atoms with Crippen LogP contribution in [0.3, 0.4) is 0 Å². The first-order valence-electron chi connectivity index (χ1n) is 12.0. The number of carbonyl (C=O) groups excluding carboxylic acids is 2. The van der Waals surface area contributed by atoms with Crippen molar-refractivity contribution in [2.75, 3.05) is 36.8 Å². The Morgan fingerprint density at radius 1 is 0.892 bits per heavy atom. The number of hydrogen-bond acceptors (Lipinski definition) is 4. The predicted octanol–water partition coefficient (Wildman–Crippen LogP) is 5.67. The van der Waals surface area contributed by atoms with Crippen molar-refractivity contribution in [2.45, 2.75) is 19.0 Å². The van der Waals surface area contributed by atoms with Gasteiger partial charge in [-0.2, -0.15) is 13.2 Å². The smallest absolute Gasteiger partial charge is 0.399 e. The summed E-state index contributed by atoms with van der Waals surface area (Å²) in [5.74, 6) is -1.21. The minimum absolute atomic E-state index is 0.0346. The second-order valence-corrected chi connectivity index (χ2v) is 9.08. The molecule has 2 N–H and O–H groups in total. The van der Waals surface area contributed by atoms with Gasteiger partial charge in [-0.15, -0.1) is 0 Å². The Labute approximate surface area is 212 Å². The number of nitrogens with zero attached hydrogens (tertiary/aromatic N) is 2. The van der Waals surface area contributed by atoms with E-state index in [4.69, 9.17) is 5.73 Å². The van der Waals surface area contributed by atoms with Crippen molar-refractivity contribution >= 4 is 23.1 Å². The maximum Gasteiger partial charge on any atom is 0.418 e. The van der Waals surface area contributed by atoms with Gasteiger partial charge in [-0.25, -0.2) is 4.39 Å². The molecule has 5 nitrogen and oxygen atoms in total. The zero-order valence-corrected chi connectivity index (χ0v) is 20.0. The average Bonchev–Trinajstić information content (AvgIpc) is 2.89. The zero-order chi connectivity index (χ0) is 26.6. The number of amides is 1. The molecule has 0 atom stereocenters. The third-order valence-electron chi connectivity index (χ3n) is 6.63. The van der Waals surface area contributed by atoms with Crippen LogP contribution in [0.5, 0.6) is 0 Å². The summed E-state index contributed by atoms with van der Waals surface area (Å²) >= 11 is 0. The van der Waals surface area contributed by atoms with Crippen LogP contribution in [0.2, 0.25) is 0 Å². The zero-order valence-electron chi connectivity index (χ0n) is 20.0. The van der Waals surface area contributed by atoms with E-state index in [0.717, 1.165) is 11.0 Å². The van der Waals surface area contributed by atoms with Crippen LogP contribution < -0.4 is 10.6 Å². The van der Waals surface area contributed by atoms with E-state index < -0.39 is 23.5 Å². The molecule has 1 saturated heterocycles. The number of benzene rings is 3. The highest BCUT2D eigenvalue weighted by Gasteiger charge is 2.36. The maximum absolute atomic E-state index is 13.8. The van der Waals surface area contributed by atoms with Gasteiger partial charge in [0.15, 0.2) is 5.78 Å². The normalized spacial score (nSPS) is 14.9. The highest BCUT2D eigenvalue weighted by molar-refractivity contribution is 6.06. The molecule has 1 heterocycles. The summed E-state index contributed by atoms with van der Waals surface area (Å²) in [4.78, 5) is 29.3. The van der Waals surface area contributed by atoms with Crippen molar-refractivity contribution < 1.29 is 27.2 Å². The quantitative estimate of drug-likeness (QED) is 0.251. The lowest BCUT2D eigenvalue weighted by Crippen LogP contribution is -2.43. The Kier molecular flexibility index (Phi) is 7.92. The van der Waals surface area contributed by atoms with E-state index in [9.17, 15) is 27.2 Å². The minimum atomic E-state index is -4.63. The molecule has 0 radical (unpaired) electrons. The molecule has 0 aliphatic carbocycles. The lowest BCUT2D eigenvalue weighted by molar-refractivity contribution is -0.137. The summed E-state index contributed by atoms with van der Waals surface area (Å²) < 4.78 is 54.5. The average molecular weight is 514 g/mol. The third kappa shape index (κ3) is 6.35. The molecule has 0 spiro atoms. The Morgan fingerprint density at radius 3 is 2.11 bits per heavy atom. The number of likely N-dealkylation sites (tertiary alicyclic amines) is 1. The molecule has 3 aromatic rings. The van der Waals surface area contributed by atoms with Gasteiger partial charge in [0.1, 0.15) is 5.82 Å². The van der Waals surface area contributed by atoms with E-state index in [2.05, 4.69) is 0 Å². The summed E-state index contributed by atoms with van der Waals surface area (Å²) in [5.41, 5.74) is 5.74. The number of rotatable bonds is 7. The number of piperidine rings is 1. The number of alkyl halides is 3. The molecule has 194 valence electrons. The third-order valence-corrected chi connectivity index (χ3v) is 6.63. The van der Waals surface area contributed by atoms with Gasteiger partial charge in [-0.1, -0.05) is 12.1 Å². The second kappa shape index (κ2) is 11.1. The molecule has 0 saturated carbocycles. The molecule has 9 heteroatoms. The fraction of sp³-hybridized carbons (Fsp3) is 0.286. The number of hydrogen-bond donors (Lipinski definition) is 1. The SMILES string of the molecule is Nc1ccc(C(=O)N(CCN2CCC(C(=O)c3ccc(F)cc3)CC2)c2ccccc2C(F)(F)F)cc1. The van der Waals surface area contributed by atoms with Crippen molar-refractivity contribution in [2.24, 2.45) is 5.92 Å². The first-order chi connectivity index (χ1) is 17.6. The van der Waals surface area contributed by atoms with Crippen LogP contribution in [0, 0.1) is 11.7 Å². The number of halogens is 4. The van der Waals surface area contributed by atoms with Gasteiger partial charge in [-0.05, 0) is 86.6 Å². The standard InChI is InChI=1S/C28H27F4N3O2/c29-22-9-5-19(6-10-22)26(36)20-13-15-34(16-14-20)17-18-35(27(37)21-7-11-23(33)12-8-21)25-4-2-1-3-24(25)28(30,31)32/h1-12,20H,13-18,33H2. The van der Waals surface area contributed by atoms with Gasteiger partial charge in [-0.3, -0.25) is 9.59 Å². The molecule has 0 bridgehead atoms. The van der Waals surface area contributed by atoms with Crippen molar-refractivity contribution in [3.8, 4) is 0 Å². The van der Waals surface area contributed by atoms with Gasteiger partial charge in [0.25, 0.3) is 5.91 Å². The Hall–Kier alpha value is -3.72. The number of Topliss-reactive ketones (excluding diaryl/α,β-unsaturated/α-hetero) is 1. The van der Waals surface area contributed by atoms with E-state index >= 15 is 0 Å². The van der Waals surface area contributed by atoms with E-state index in [-0.39, 0.29) is 29.5 Å². The van der Waals surface area contributed by atoms with Crippen LogP contribution in [0.1, 0.15) is 39.1 Å². The largest absolute Gasteiger partial charge is 0.418 e. The first-order valence-corrected chi connectivity index (χ1v) is 12.0. The lowest BCUT2D eigenvalue weighted by atomic mass is 9.89. The van der Waals surface area contributed by atoms with Crippen LogP contribution >= 0.6 is 0 Å². The van der Waals surface area contributed by atoms with Gasteiger partial charge < -0.3 is 15.5 Å². The monoisotopic (exact) mass is 513 g/mol. The second-order valence-electron chi connectivity index (χ2n) is 9.08. The first kappa shape index (κ1) is 26.3. The topological polar surface area (TPSA) is 66.6 Å². The molecule has 0 aromatic heterocycles. The molecular formula is C28H27F4N3O2. The number of carbonyl (C=O) groups is 2. The van der Waals surface area contributed by atoms with Gasteiger partial charge in [0.05, 0.1) is 11.3 Å². The van der Waals surface area contributed by atoms with E-state index in [1.165, 1.54) is 66.7 Å². The fourth-order valence-corrected chi connectivity index (χ4v) is 4.57. The Morgan fingerprint density at radius 2 is 1.49 bits per heavy atom. The van der Waals surface area contributed by atoms with Crippen molar-refractivity contribution in [1.82, 2.24) is 4.90 Å². The predicted molar refractivity (Wildman–Crippen MR) is 134 cm³/mol. The van der Waals surface area contributed by atoms with Gasteiger partial charge >= 0.3 is 6.18 Å². The van der Waals surface area contributed by atoms with Crippen molar-refractivity contribution in [3.63, 3.8) is 0 Å². The molecule has 0 unspecified atom stereocenters. The maximum atomic E-state index is 13.8. The molecular weight excluding hydrogens is 486 g/mol. The van der Waals surface area contributed by atoms with Crippen LogP contribution in [0.25, 0.3) is 0 Å². The van der Waals surface area contributed by atoms with Crippen molar-refractivity contribution in [1.29, 1.82) is 0 Å². The summed E-state index contributed by atoms with van der Waals surface area (Å²) in [7, 11) is 0. The molecule has 1 fully saturated rings. The van der Waals surface area contributed by atoms with Crippen LogP contribution in [0.15, 0.2) is 72.8 Å². The lowest BCUT2D eigenvalue weighted by Gasteiger charge is -2.33. The van der Waals surface area contributed by atoms with E-state index in [0.29, 0.717) is 43.7 Å². The summed E-state index contributed by atoms with van der Waals surface area (Å²) in [6.45, 7) is 1.49. The van der Waals surface area contributed by atoms with Gasteiger partial charge in [0, 0.05) is 35.8 Å². The highest BCUT2D eigenvalue weighted by atomic mass is 19.4. The molecule has 3 aromatic carbocycles. The number of nitrogen functional groups attached to an aromatic ring is 1. The van der Waals surface area contributed by atoms with Crippen LogP contribution in [-0.4, -0.2) is 42.8 Å². The van der Waals surface area contributed by atoms with Crippen LogP contribution in [0.4, 0.5) is 28.9 Å². The minimum Gasteiger partial charge on any atom is -0.399 e. The summed E-state index contributed by atoms with van der Waals surface area (Å²) in [6.07, 6.45) is -3.49. The Balaban J connectivity index is 1.47. The number of nitrogens with two attached hydrogens (primary N) is 1. The fourth-order valence-electron chi connectivity index (χ4n) is 4.57. The summed E-state index contributed by atoms with van der Waals surface area (Å²) in [6, 6.07) is 16.5. The van der Waals surface area contributed by atoms with Gasteiger partial charge in [0.2, 0.25) is 0 Å². The highest BCUT2D eigenvalue weighted by Crippen LogP contribution is 2.37. The molecule has 37 heavy (non-hydrogen) atoms. The number of ketones is 1. The molecule has 1 aliphatic rings. The molecule has 1 amide bonds. The summed E-state index contributed by atoms with van der Waals surface area (Å²) in [5, 5.41) is 0. The van der Waals surface area contributed by atoms with E-state index in [1.807, 2.05) is 4.90 Å². The van der Waals surface area contributed by atoms with Crippen molar-refractivity contribution in [3.05, 3.63) is 95.3 Å². The van der Waals surface area contributed by atoms with Crippen LogP contribution in [-0.2, 0) is 6.18 Å².